The van der Waals surface area contributed by atoms with Gasteiger partial charge in [0.1, 0.15) is 0 Å². The zero-order valence-corrected chi connectivity index (χ0v) is 11.3. The van der Waals surface area contributed by atoms with Gasteiger partial charge in [0.05, 0.1) is 17.8 Å². The van der Waals surface area contributed by atoms with E-state index in [1.807, 2.05) is 13.8 Å². The molecule has 3 N–H and O–H groups in total. The molecule has 0 aromatic carbocycles. The molecule has 0 fully saturated rings. The van der Waals surface area contributed by atoms with Crippen LogP contribution in [0.25, 0.3) is 0 Å². The van der Waals surface area contributed by atoms with Crippen molar-refractivity contribution in [2.75, 3.05) is 0 Å². The summed E-state index contributed by atoms with van der Waals surface area (Å²) in [5.74, 6) is 0.474. The summed E-state index contributed by atoms with van der Waals surface area (Å²) in [4.78, 5) is 11.7. The van der Waals surface area contributed by atoms with Crippen molar-refractivity contribution in [3.8, 4) is 0 Å². The van der Waals surface area contributed by atoms with Crippen molar-refractivity contribution in [3.05, 3.63) is 17.5 Å². The van der Waals surface area contributed by atoms with Gasteiger partial charge in [0.2, 0.25) is 5.91 Å². The lowest BCUT2D eigenvalue weighted by Gasteiger charge is -2.22. The number of nitrogens with zero attached hydrogens (tertiary/aromatic N) is 1. The van der Waals surface area contributed by atoms with Crippen LogP contribution in [0.2, 0.25) is 0 Å². The van der Waals surface area contributed by atoms with E-state index in [4.69, 9.17) is 10.3 Å². The zero-order chi connectivity index (χ0) is 12.2. The number of amides is 1. The van der Waals surface area contributed by atoms with Gasteiger partial charge in [-0.3, -0.25) is 4.79 Å². The molecule has 0 aliphatic carbocycles. The van der Waals surface area contributed by atoms with Crippen LogP contribution >= 0.6 is 12.4 Å². The maximum atomic E-state index is 11.7. The average Bonchev–Trinajstić information content (AvgIpc) is 2.60. The number of carbonyl (C=O) groups is 1. The molecule has 0 bridgehead atoms. The van der Waals surface area contributed by atoms with E-state index in [1.165, 1.54) is 0 Å². The summed E-state index contributed by atoms with van der Waals surface area (Å²) in [7, 11) is 0. The first-order chi connectivity index (χ1) is 7.45. The summed E-state index contributed by atoms with van der Waals surface area (Å²) in [5.41, 5.74) is 5.87. The summed E-state index contributed by atoms with van der Waals surface area (Å²) in [5, 5.41) is 6.48. The number of halogens is 1. The molecule has 5 nitrogen and oxygen atoms in total. The molecule has 1 aromatic heterocycles. The van der Waals surface area contributed by atoms with Gasteiger partial charge in [-0.05, 0) is 20.3 Å². The number of hydrogen-bond acceptors (Lipinski definition) is 4. The molecule has 1 amide bonds. The third-order valence-electron chi connectivity index (χ3n) is 2.39. The Hall–Kier alpha value is -1.07. The van der Waals surface area contributed by atoms with E-state index in [9.17, 15) is 4.79 Å². The first kappa shape index (κ1) is 15.9. The number of aryl methyl sites for hydroxylation is 1. The smallest absolute Gasteiger partial charge is 0.240 e. The van der Waals surface area contributed by atoms with Gasteiger partial charge in [-0.15, -0.1) is 12.4 Å². The minimum atomic E-state index is -0.816. The van der Waals surface area contributed by atoms with Crippen LogP contribution < -0.4 is 11.1 Å². The van der Waals surface area contributed by atoms with Gasteiger partial charge >= 0.3 is 0 Å². The van der Waals surface area contributed by atoms with Gasteiger partial charge in [-0.1, -0.05) is 18.5 Å². The lowest BCUT2D eigenvalue weighted by molar-refractivity contribution is -0.126. The Labute approximate surface area is 108 Å². The molecule has 0 saturated heterocycles. The molecular weight excluding hydrogens is 242 g/mol. The van der Waals surface area contributed by atoms with Crippen LogP contribution in [-0.4, -0.2) is 16.6 Å². The summed E-state index contributed by atoms with van der Waals surface area (Å²) >= 11 is 0. The molecular formula is C11H20ClN3O2. The number of carbonyl (C=O) groups excluding carboxylic acids is 1. The number of nitrogens with two attached hydrogens (primary N) is 1. The first-order valence-corrected chi connectivity index (χ1v) is 5.45. The quantitative estimate of drug-likeness (QED) is 0.842. The van der Waals surface area contributed by atoms with Crippen molar-refractivity contribution < 1.29 is 9.32 Å². The summed E-state index contributed by atoms with van der Waals surface area (Å²) in [6.45, 7) is 5.89. The molecule has 1 aromatic rings. The Balaban J connectivity index is 0.00000256. The van der Waals surface area contributed by atoms with Crippen molar-refractivity contribution in [2.24, 2.45) is 5.73 Å². The van der Waals surface area contributed by atoms with Crippen LogP contribution in [0.15, 0.2) is 10.6 Å². The summed E-state index contributed by atoms with van der Waals surface area (Å²) in [6, 6.07) is 1.79. The van der Waals surface area contributed by atoms with Crippen LogP contribution in [0.4, 0.5) is 0 Å². The SMILES string of the molecule is CCCC(C)(N)C(=O)NCc1cc(C)no1.Cl. The van der Waals surface area contributed by atoms with Crippen molar-refractivity contribution in [3.63, 3.8) is 0 Å². The lowest BCUT2D eigenvalue weighted by atomic mass is 9.96. The molecule has 0 radical (unpaired) electrons. The molecule has 98 valence electrons. The molecule has 1 unspecified atom stereocenters. The van der Waals surface area contributed by atoms with Gasteiger partial charge in [0.25, 0.3) is 0 Å². The third kappa shape index (κ3) is 4.75. The highest BCUT2D eigenvalue weighted by molar-refractivity contribution is 5.85. The summed E-state index contributed by atoms with van der Waals surface area (Å²) < 4.78 is 4.98. The highest BCUT2D eigenvalue weighted by Gasteiger charge is 2.26. The number of rotatable bonds is 5. The van der Waals surface area contributed by atoms with Crippen molar-refractivity contribution in [2.45, 2.75) is 45.7 Å². The van der Waals surface area contributed by atoms with Crippen molar-refractivity contribution in [1.29, 1.82) is 0 Å². The van der Waals surface area contributed by atoms with E-state index in [0.717, 1.165) is 12.1 Å². The Bertz CT molecular complexity index is 363. The van der Waals surface area contributed by atoms with E-state index < -0.39 is 5.54 Å². The average molecular weight is 262 g/mol. The van der Waals surface area contributed by atoms with Crippen LogP contribution in [-0.2, 0) is 11.3 Å². The fraction of sp³-hybridized carbons (Fsp3) is 0.636. The van der Waals surface area contributed by atoms with Gasteiger partial charge in [0.15, 0.2) is 5.76 Å². The Morgan fingerprint density at radius 3 is 2.76 bits per heavy atom. The number of aromatic nitrogens is 1. The molecule has 0 aliphatic rings. The number of nitrogens with one attached hydrogen (secondary N) is 1. The van der Waals surface area contributed by atoms with Crippen molar-refractivity contribution in [1.82, 2.24) is 10.5 Å². The maximum Gasteiger partial charge on any atom is 0.240 e. The molecule has 0 spiro atoms. The second kappa shape index (κ2) is 6.61. The Morgan fingerprint density at radius 1 is 1.65 bits per heavy atom. The number of hydrogen-bond donors (Lipinski definition) is 2. The fourth-order valence-electron chi connectivity index (χ4n) is 1.50. The highest BCUT2D eigenvalue weighted by atomic mass is 35.5. The van der Waals surface area contributed by atoms with Crippen molar-refractivity contribution >= 4 is 18.3 Å². The minimum absolute atomic E-state index is 0. The molecule has 1 heterocycles. The Kier molecular flexibility index (Phi) is 6.20. The molecule has 17 heavy (non-hydrogen) atoms. The van der Waals surface area contributed by atoms with Gasteiger partial charge in [-0.25, -0.2) is 0 Å². The second-order valence-electron chi connectivity index (χ2n) is 4.28. The fourth-order valence-corrected chi connectivity index (χ4v) is 1.50. The molecule has 0 saturated carbocycles. The standard InChI is InChI=1S/C11H19N3O2.ClH/c1-4-5-11(3,12)10(15)13-7-9-6-8(2)14-16-9;/h6H,4-5,7,12H2,1-3H3,(H,13,15);1H. The van der Waals surface area contributed by atoms with Crippen LogP contribution in [0.5, 0.6) is 0 Å². The second-order valence-corrected chi connectivity index (χ2v) is 4.28. The van der Waals surface area contributed by atoms with E-state index >= 15 is 0 Å². The predicted octanol–water partition coefficient (Wildman–Crippen LogP) is 1.54. The Morgan fingerprint density at radius 2 is 2.29 bits per heavy atom. The summed E-state index contributed by atoms with van der Waals surface area (Å²) in [6.07, 6.45) is 1.54. The van der Waals surface area contributed by atoms with Crippen LogP contribution in [0.3, 0.4) is 0 Å². The van der Waals surface area contributed by atoms with E-state index in [-0.39, 0.29) is 18.3 Å². The van der Waals surface area contributed by atoms with E-state index in [0.29, 0.717) is 18.7 Å². The van der Waals surface area contributed by atoms with Crippen LogP contribution in [0, 0.1) is 6.92 Å². The lowest BCUT2D eigenvalue weighted by Crippen LogP contribution is -2.51. The molecule has 1 atom stereocenters. The first-order valence-electron chi connectivity index (χ1n) is 5.45. The predicted molar refractivity (Wildman–Crippen MR) is 67.8 cm³/mol. The maximum absolute atomic E-state index is 11.7. The molecule has 6 heteroatoms. The minimum Gasteiger partial charge on any atom is -0.359 e. The van der Waals surface area contributed by atoms with E-state index in [2.05, 4.69) is 10.5 Å². The monoisotopic (exact) mass is 261 g/mol. The molecule has 0 aliphatic heterocycles. The topological polar surface area (TPSA) is 81.2 Å². The van der Waals surface area contributed by atoms with Crippen LogP contribution in [0.1, 0.15) is 38.1 Å². The highest BCUT2D eigenvalue weighted by Crippen LogP contribution is 2.09. The van der Waals surface area contributed by atoms with E-state index in [1.54, 1.807) is 13.0 Å². The van der Waals surface area contributed by atoms with Gasteiger partial charge in [0, 0.05) is 6.07 Å². The third-order valence-corrected chi connectivity index (χ3v) is 2.39. The van der Waals surface area contributed by atoms with Gasteiger partial charge in [-0.2, -0.15) is 0 Å². The largest absolute Gasteiger partial charge is 0.359 e. The van der Waals surface area contributed by atoms with Gasteiger partial charge < -0.3 is 15.6 Å². The molecule has 1 rings (SSSR count). The zero-order valence-electron chi connectivity index (χ0n) is 10.4. The normalized spacial score (nSPS) is 13.6.